The predicted octanol–water partition coefficient (Wildman–Crippen LogP) is 2.09. The number of benzene rings is 1. The summed E-state index contributed by atoms with van der Waals surface area (Å²) >= 11 is 0. The molecule has 0 bridgehead atoms. The summed E-state index contributed by atoms with van der Waals surface area (Å²) in [5.41, 5.74) is 2.22. The maximum Gasteiger partial charge on any atom is 0.176 e. The van der Waals surface area contributed by atoms with Crippen molar-refractivity contribution in [3.8, 4) is 5.75 Å². The molecule has 3 heteroatoms. The molecule has 2 aromatic rings. The van der Waals surface area contributed by atoms with E-state index < -0.39 is 0 Å². The highest BCUT2D eigenvalue weighted by Gasteiger charge is 2.18. The molecule has 0 radical (unpaired) electrons. The number of fused-ring (bicyclic) bond motifs is 3. The summed E-state index contributed by atoms with van der Waals surface area (Å²) < 4.78 is 11.1. The number of nitrogens with one attached hydrogen (secondary N) is 1. The minimum Gasteiger partial charge on any atom is -0.493 e. The number of hydrogen-bond donors (Lipinski definition) is 1. The number of hydrogen-bond acceptors (Lipinski definition) is 3. The second-order valence-electron chi connectivity index (χ2n) is 3.77. The van der Waals surface area contributed by atoms with Crippen molar-refractivity contribution in [2.24, 2.45) is 0 Å². The molecule has 78 valence electrons. The first kappa shape index (κ1) is 8.80. The van der Waals surface area contributed by atoms with E-state index in [9.17, 15) is 0 Å². The summed E-state index contributed by atoms with van der Waals surface area (Å²) in [4.78, 5) is 0. The van der Waals surface area contributed by atoms with Gasteiger partial charge in [-0.05, 0) is 19.0 Å². The lowest BCUT2D eigenvalue weighted by Gasteiger charge is -2.10. The maximum atomic E-state index is 5.82. The van der Waals surface area contributed by atoms with E-state index in [1.807, 2.05) is 12.1 Å². The standard InChI is InChI=1S/C12H13NO2/c1-14-10-4-2-3-9-8-5-6-13-7-11(8)15-12(9)10/h2-4,13H,5-7H2,1H3. The Morgan fingerprint density at radius 1 is 1.40 bits per heavy atom. The number of rotatable bonds is 1. The Bertz CT molecular complexity index is 502. The summed E-state index contributed by atoms with van der Waals surface area (Å²) in [6, 6.07) is 6.05. The average Bonchev–Trinajstić information content (AvgIpc) is 2.67. The van der Waals surface area contributed by atoms with E-state index in [1.165, 1.54) is 10.9 Å². The van der Waals surface area contributed by atoms with Crippen molar-refractivity contribution in [3.05, 3.63) is 29.5 Å². The van der Waals surface area contributed by atoms with Crippen molar-refractivity contribution in [2.45, 2.75) is 13.0 Å². The van der Waals surface area contributed by atoms with Gasteiger partial charge in [-0.25, -0.2) is 0 Å². The van der Waals surface area contributed by atoms with Gasteiger partial charge in [-0.15, -0.1) is 0 Å². The maximum absolute atomic E-state index is 5.82. The Kier molecular flexibility index (Phi) is 1.92. The van der Waals surface area contributed by atoms with Crippen LogP contribution in [0.2, 0.25) is 0 Å². The zero-order valence-corrected chi connectivity index (χ0v) is 8.67. The molecule has 0 amide bonds. The highest BCUT2D eigenvalue weighted by molar-refractivity contribution is 5.87. The van der Waals surface area contributed by atoms with Gasteiger partial charge in [0.05, 0.1) is 13.7 Å². The molecule has 1 aromatic heterocycles. The van der Waals surface area contributed by atoms with Crippen LogP contribution in [0.3, 0.4) is 0 Å². The van der Waals surface area contributed by atoms with Crippen molar-refractivity contribution in [1.82, 2.24) is 5.32 Å². The topological polar surface area (TPSA) is 34.4 Å². The number of methoxy groups -OCH3 is 1. The van der Waals surface area contributed by atoms with E-state index >= 15 is 0 Å². The average molecular weight is 203 g/mol. The van der Waals surface area contributed by atoms with E-state index in [-0.39, 0.29) is 0 Å². The first-order valence-electron chi connectivity index (χ1n) is 5.18. The summed E-state index contributed by atoms with van der Waals surface area (Å²) in [7, 11) is 1.68. The number of para-hydroxylation sites is 1. The smallest absolute Gasteiger partial charge is 0.176 e. The van der Waals surface area contributed by atoms with Crippen LogP contribution >= 0.6 is 0 Å². The lowest BCUT2D eigenvalue weighted by atomic mass is 10.0. The molecule has 0 spiro atoms. The van der Waals surface area contributed by atoms with Crippen LogP contribution < -0.4 is 10.1 Å². The van der Waals surface area contributed by atoms with E-state index in [0.717, 1.165) is 36.6 Å². The number of furan rings is 1. The molecule has 0 saturated carbocycles. The van der Waals surface area contributed by atoms with E-state index in [1.54, 1.807) is 7.11 Å². The van der Waals surface area contributed by atoms with Gasteiger partial charge in [0.15, 0.2) is 11.3 Å². The highest BCUT2D eigenvalue weighted by Crippen LogP contribution is 2.33. The Labute approximate surface area is 88.0 Å². The van der Waals surface area contributed by atoms with Crippen LogP contribution in [-0.4, -0.2) is 13.7 Å². The van der Waals surface area contributed by atoms with Crippen LogP contribution in [-0.2, 0) is 13.0 Å². The molecule has 1 aliphatic heterocycles. The van der Waals surface area contributed by atoms with Gasteiger partial charge in [0, 0.05) is 10.9 Å². The third-order valence-corrected chi connectivity index (χ3v) is 2.92. The first-order valence-corrected chi connectivity index (χ1v) is 5.18. The first-order chi connectivity index (χ1) is 7.40. The van der Waals surface area contributed by atoms with Crippen molar-refractivity contribution in [3.63, 3.8) is 0 Å². The third-order valence-electron chi connectivity index (χ3n) is 2.92. The summed E-state index contributed by atoms with van der Waals surface area (Å²) in [5, 5.41) is 4.50. The lowest BCUT2D eigenvalue weighted by Crippen LogP contribution is -2.22. The Morgan fingerprint density at radius 3 is 3.20 bits per heavy atom. The summed E-state index contributed by atoms with van der Waals surface area (Å²) in [6.07, 6.45) is 1.04. The molecule has 1 aliphatic rings. The second-order valence-corrected chi connectivity index (χ2v) is 3.77. The molecule has 0 saturated heterocycles. The molecule has 0 atom stereocenters. The van der Waals surface area contributed by atoms with Gasteiger partial charge in [0.25, 0.3) is 0 Å². The van der Waals surface area contributed by atoms with E-state index in [0.29, 0.717) is 0 Å². The molecule has 0 aliphatic carbocycles. The van der Waals surface area contributed by atoms with Crippen molar-refractivity contribution in [2.75, 3.05) is 13.7 Å². The van der Waals surface area contributed by atoms with Crippen LogP contribution in [0, 0.1) is 0 Å². The van der Waals surface area contributed by atoms with Gasteiger partial charge in [-0.2, -0.15) is 0 Å². The zero-order valence-electron chi connectivity index (χ0n) is 8.67. The Balaban J connectivity index is 2.31. The van der Waals surface area contributed by atoms with Gasteiger partial charge < -0.3 is 14.5 Å². The largest absolute Gasteiger partial charge is 0.493 e. The van der Waals surface area contributed by atoms with Gasteiger partial charge in [-0.1, -0.05) is 12.1 Å². The van der Waals surface area contributed by atoms with E-state index in [4.69, 9.17) is 9.15 Å². The molecule has 3 nitrogen and oxygen atoms in total. The fourth-order valence-electron chi connectivity index (χ4n) is 2.19. The summed E-state index contributed by atoms with van der Waals surface area (Å²) in [5.74, 6) is 1.88. The van der Waals surface area contributed by atoms with Gasteiger partial charge in [-0.3, -0.25) is 0 Å². The molecule has 15 heavy (non-hydrogen) atoms. The Morgan fingerprint density at radius 2 is 2.33 bits per heavy atom. The molecule has 0 unspecified atom stereocenters. The third kappa shape index (κ3) is 1.23. The Hall–Kier alpha value is -1.48. The molecule has 2 heterocycles. The number of ether oxygens (including phenoxy) is 1. The lowest BCUT2D eigenvalue weighted by molar-refractivity contribution is 0.404. The minimum absolute atomic E-state index is 0.821. The monoisotopic (exact) mass is 203 g/mol. The van der Waals surface area contributed by atoms with Crippen LogP contribution in [0.1, 0.15) is 11.3 Å². The van der Waals surface area contributed by atoms with Crippen molar-refractivity contribution >= 4 is 11.0 Å². The van der Waals surface area contributed by atoms with Gasteiger partial charge in [0.2, 0.25) is 0 Å². The van der Waals surface area contributed by atoms with Gasteiger partial charge >= 0.3 is 0 Å². The normalized spacial score (nSPS) is 15.3. The van der Waals surface area contributed by atoms with Crippen LogP contribution in [0.5, 0.6) is 5.75 Å². The summed E-state index contributed by atoms with van der Waals surface area (Å²) in [6.45, 7) is 1.85. The second kappa shape index (κ2) is 3.28. The van der Waals surface area contributed by atoms with Crippen LogP contribution in [0.15, 0.2) is 22.6 Å². The van der Waals surface area contributed by atoms with Crippen molar-refractivity contribution < 1.29 is 9.15 Å². The fraction of sp³-hybridized carbons (Fsp3) is 0.333. The zero-order chi connectivity index (χ0) is 10.3. The molecule has 0 fully saturated rings. The SMILES string of the molecule is COc1cccc2c3c(oc12)CNCC3. The quantitative estimate of drug-likeness (QED) is 0.770. The molecular formula is C12H13NO2. The van der Waals surface area contributed by atoms with Crippen LogP contribution in [0.25, 0.3) is 11.0 Å². The highest BCUT2D eigenvalue weighted by atomic mass is 16.5. The van der Waals surface area contributed by atoms with Crippen LogP contribution in [0.4, 0.5) is 0 Å². The molecule has 1 aromatic carbocycles. The molecule has 3 rings (SSSR count). The predicted molar refractivity (Wildman–Crippen MR) is 58.2 cm³/mol. The molecule has 1 N–H and O–H groups in total. The fourth-order valence-corrected chi connectivity index (χ4v) is 2.19. The van der Waals surface area contributed by atoms with Gasteiger partial charge in [0.1, 0.15) is 5.76 Å². The minimum atomic E-state index is 0.821. The van der Waals surface area contributed by atoms with E-state index in [2.05, 4.69) is 11.4 Å². The molecular weight excluding hydrogens is 190 g/mol. The van der Waals surface area contributed by atoms with Crippen molar-refractivity contribution in [1.29, 1.82) is 0 Å².